The number of carbonyl (C=O) groups is 2. The van der Waals surface area contributed by atoms with Crippen molar-refractivity contribution >= 4 is 23.5 Å². The van der Waals surface area contributed by atoms with Crippen LogP contribution in [0.5, 0.6) is 5.75 Å². The first-order valence-corrected chi connectivity index (χ1v) is 7.83. The first-order chi connectivity index (χ1) is 9.85. The van der Waals surface area contributed by atoms with Crippen LogP contribution in [-0.4, -0.2) is 34.4 Å². The predicted molar refractivity (Wildman–Crippen MR) is 82.2 cm³/mol. The molecule has 0 aliphatic rings. The van der Waals surface area contributed by atoms with E-state index < -0.39 is 0 Å². The van der Waals surface area contributed by atoms with E-state index in [9.17, 15) is 9.59 Å². The summed E-state index contributed by atoms with van der Waals surface area (Å²) in [6.07, 6.45) is 0. The Morgan fingerprint density at radius 2 is 1.90 bits per heavy atom. The van der Waals surface area contributed by atoms with Gasteiger partial charge in [0, 0.05) is 6.92 Å². The molecule has 0 aliphatic heterocycles. The summed E-state index contributed by atoms with van der Waals surface area (Å²) in [6.45, 7) is 5.13. The van der Waals surface area contributed by atoms with Crippen LogP contribution in [-0.2, 0) is 16.2 Å². The minimum absolute atomic E-state index is 0.0159. The van der Waals surface area contributed by atoms with Crippen LogP contribution in [0, 0.1) is 13.8 Å². The first-order valence-electron chi connectivity index (χ1n) is 6.68. The van der Waals surface area contributed by atoms with Gasteiger partial charge in [0.1, 0.15) is 5.75 Å². The normalized spacial score (nSPS) is 12.0. The van der Waals surface area contributed by atoms with Crippen LogP contribution in [0.3, 0.4) is 0 Å². The first kappa shape index (κ1) is 17.7. The summed E-state index contributed by atoms with van der Waals surface area (Å²) in [5.41, 5.74) is 6.14. The zero-order valence-electron chi connectivity index (χ0n) is 12.6. The van der Waals surface area contributed by atoms with E-state index in [0.717, 1.165) is 16.7 Å². The number of aliphatic hydroxyl groups is 1. The van der Waals surface area contributed by atoms with E-state index in [-0.39, 0.29) is 30.2 Å². The molecule has 0 saturated carbocycles. The van der Waals surface area contributed by atoms with Gasteiger partial charge in [-0.3, -0.25) is 9.59 Å². The summed E-state index contributed by atoms with van der Waals surface area (Å²) in [5.74, 6) is 0.891. The molecular formula is C15H22NO4S+. The highest BCUT2D eigenvalue weighted by Gasteiger charge is 2.15. The number of quaternary nitrogens is 1. The Hall–Kier alpha value is -1.37. The third-order valence-corrected chi connectivity index (χ3v) is 4.11. The maximum absolute atomic E-state index is 11.8. The summed E-state index contributed by atoms with van der Waals surface area (Å²) < 4.78 is 5.37. The predicted octanol–water partition coefficient (Wildman–Crippen LogP) is 0.634. The van der Waals surface area contributed by atoms with Gasteiger partial charge in [0.15, 0.2) is 11.8 Å². The number of thioether (sulfide) groups is 1. The molecule has 6 heteroatoms. The molecular weight excluding hydrogens is 290 g/mol. The number of aliphatic hydroxyl groups excluding tert-OH is 1. The Bertz CT molecular complexity index is 507. The summed E-state index contributed by atoms with van der Waals surface area (Å²) in [7, 11) is 0. The Labute approximate surface area is 128 Å². The quantitative estimate of drug-likeness (QED) is 0.569. The lowest BCUT2D eigenvalue weighted by atomic mass is 10.1. The minimum Gasteiger partial charge on any atom is -0.425 e. The molecule has 1 atom stereocenters. The highest BCUT2D eigenvalue weighted by Crippen LogP contribution is 2.25. The van der Waals surface area contributed by atoms with E-state index in [1.54, 1.807) is 12.1 Å². The van der Waals surface area contributed by atoms with E-state index in [0.29, 0.717) is 11.5 Å². The maximum atomic E-state index is 11.8. The molecule has 0 aliphatic carbocycles. The number of Topliss-reactive ketones (excluding diaryl/α,β-unsaturated/α-hetero) is 1. The molecule has 0 radical (unpaired) electrons. The zero-order valence-corrected chi connectivity index (χ0v) is 13.5. The number of benzene rings is 1. The van der Waals surface area contributed by atoms with Gasteiger partial charge in [-0.25, -0.2) is 0 Å². The van der Waals surface area contributed by atoms with Crippen LogP contribution in [0.1, 0.15) is 23.6 Å². The van der Waals surface area contributed by atoms with Gasteiger partial charge < -0.3 is 15.6 Å². The van der Waals surface area contributed by atoms with Gasteiger partial charge in [0.2, 0.25) is 0 Å². The molecule has 0 aromatic heterocycles. The van der Waals surface area contributed by atoms with E-state index in [4.69, 9.17) is 9.84 Å². The van der Waals surface area contributed by atoms with Gasteiger partial charge in [0.25, 0.3) is 0 Å². The van der Waals surface area contributed by atoms with Crippen LogP contribution in [0.15, 0.2) is 12.1 Å². The molecule has 1 rings (SSSR count). The molecule has 0 saturated heterocycles. The summed E-state index contributed by atoms with van der Waals surface area (Å²) >= 11 is 1.34. The van der Waals surface area contributed by atoms with Gasteiger partial charge >= 0.3 is 5.97 Å². The monoisotopic (exact) mass is 312 g/mol. The summed E-state index contributed by atoms with van der Waals surface area (Å²) in [6, 6.07) is 3.30. The van der Waals surface area contributed by atoms with Crippen LogP contribution < -0.4 is 10.5 Å². The number of ketones is 1. The van der Waals surface area contributed by atoms with Crippen LogP contribution in [0.4, 0.5) is 0 Å². The number of esters is 1. The molecule has 0 bridgehead atoms. The number of carbonyl (C=O) groups excluding carboxylic acids is 2. The Balaban J connectivity index is 2.57. The second-order valence-corrected chi connectivity index (χ2v) is 6.04. The molecule has 0 amide bonds. The lowest BCUT2D eigenvalue weighted by Crippen LogP contribution is -2.65. The number of hydrogen-bond acceptors (Lipinski definition) is 5. The number of ether oxygens (including phenoxy) is 1. The summed E-state index contributed by atoms with van der Waals surface area (Å²) in [4.78, 5) is 22.9. The van der Waals surface area contributed by atoms with Crippen LogP contribution >= 0.6 is 11.8 Å². The van der Waals surface area contributed by atoms with Crippen LogP contribution in [0.2, 0.25) is 0 Å². The molecule has 0 spiro atoms. The van der Waals surface area contributed by atoms with Gasteiger partial charge in [-0.1, -0.05) is 12.1 Å². The SMILES string of the molecule is CC(=O)C([NH3+])CSCC(=O)Oc1c(C)cc(CO)cc1C. The van der Waals surface area contributed by atoms with E-state index in [1.807, 2.05) is 13.8 Å². The Morgan fingerprint density at radius 1 is 1.33 bits per heavy atom. The van der Waals surface area contributed by atoms with Crippen molar-refractivity contribution < 1.29 is 25.2 Å². The molecule has 116 valence electrons. The van der Waals surface area contributed by atoms with Crippen molar-refractivity contribution in [2.45, 2.75) is 33.4 Å². The number of aryl methyl sites for hydroxylation is 2. The second kappa shape index (κ2) is 8.17. The summed E-state index contributed by atoms with van der Waals surface area (Å²) in [5, 5.41) is 9.13. The van der Waals surface area contributed by atoms with Crippen molar-refractivity contribution in [3.05, 3.63) is 28.8 Å². The van der Waals surface area contributed by atoms with Crippen molar-refractivity contribution in [3.8, 4) is 5.75 Å². The number of hydrogen-bond donors (Lipinski definition) is 2. The average Bonchev–Trinajstić information content (AvgIpc) is 2.42. The average molecular weight is 312 g/mol. The molecule has 0 fully saturated rings. The second-order valence-electron chi connectivity index (χ2n) is 5.01. The van der Waals surface area contributed by atoms with Crippen molar-refractivity contribution in [2.24, 2.45) is 0 Å². The van der Waals surface area contributed by atoms with Crippen molar-refractivity contribution in [2.75, 3.05) is 11.5 Å². The zero-order chi connectivity index (χ0) is 16.0. The minimum atomic E-state index is -0.348. The largest absolute Gasteiger partial charge is 0.425 e. The fraction of sp³-hybridized carbons (Fsp3) is 0.467. The Kier molecular flexibility index (Phi) is 6.87. The van der Waals surface area contributed by atoms with Gasteiger partial charge in [0.05, 0.1) is 18.1 Å². The molecule has 1 aromatic carbocycles. The van der Waals surface area contributed by atoms with E-state index in [2.05, 4.69) is 5.73 Å². The fourth-order valence-electron chi connectivity index (χ4n) is 1.84. The van der Waals surface area contributed by atoms with Gasteiger partial charge in [-0.05, 0) is 30.5 Å². The standard InChI is InChI=1S/C15H21NO4S/c1-9-4-12(6-17)5-10(2)15(9)20-14(19)8-21-7-13(16)11(3)18/h4-5,13,17H,6-8,16H2,1-3H3/p+1. The third kappa shape index (κ3) is 5.49. The van der Waals surface area contributed by atoms with E-state index in [1.165, 1.54) is 18.7 Å². The van der Waals surface area contributed by atoms with Gasteiger partial charge in [-0.2, -0.15) is 0 Å². The van der Waals surface area contributed by atoms with Gasteiger partial charge in [-0.15, -0.1) is 11.8 Å². The highest BCUT2D eigenvalue weighted by molar-refractivity contribution is 8.00. The smallest absolute Gasteiger partial charge is 0.321 e. The fourth-order valence-corrected chi connectivity index (χ4v) is 2.70. The van der Waals surface area contributed by atoms with Crippen LogP contribution in [0.25, 0.3) is 0 Å². The number of rotatable bonds is 7. The molecule has 21 heavy (non-hydrogen) atoms. The van der Waals surface area contributed by atoms with Crippen molar-refractivity contribution in [3.63, 3.8) is 0 Å². The molecule has 4 N–H and O–H groups in total. The topological polar surface area (TPSA) is 91.2 Å². The third-order valence-electron chi connectivity index (χ3n) is 3.03. The lowest BCUT2D eigenvalue weighted by molar-refractivity contribution is -0.395. The maximum Gasteiger partial charge on any atom is 0.321 e. The van der Waals surface area contributed by atoms with Crippen molar-refractivity contribution in [1.29, 1.82) is 0 Å². The molecule has 1 aromatic rings. The highest BCUT2D eigenvalue weighted by atomic mass is 32.2. The molecule has 1 unspecified atom stereocenters. The molecule has 0 heterocycles. The molecule has 5 nitrogen and oxygen atoms in total. The van der Waals surface area contributed by atoms with Crippen molar-refractivity contribution in [1.82, 2.24) is 0 Å². The lowest BCUT2D eigenvalue weighted by Gasteiger charge is -2.12. The Morgan fingerprint density at radius 3 is 2.38 bits per heavy atom. The van der Waals surface area contributed by atoms with E-state index >= 15 is 0 Å².